The smallest absolute Gasteiger partial charge is 0.409 e. The minimum absolute atomic E-state index is 0.0639. The van der Waals surface area contributed by atoms with Gasteiger partial charge in [0.1, 0.15) is 0 Å². The van der Waals surface area contributed by atoms with Gasteiger partial charge in [-0.25, -0.2) is 4.79 Å². The van der Waals surface area contributed by atoms with Crippen LogP contribution in [0, 0.1) is 5.92 Å². The van der Waals surface area contributed by atoms with Gasteiger partial charge in [-0.1, -0.05) is 37.6 Å². The summed E-state index contributed by atoms with van der Waals surface area (Å²) in [5.41, 5.74) is 0.514. The molecule has 9 heteroatoms. The van der Waals surface area contributed by atoms with E-state index in [4.69, 9.17) is 16.3 Å². The van der Waals surface area contributed by atoms with E-state index in [1.807, 2.05) is 18.7 Å². The highest BCUT2D eigenvalue weighted by Gasteiger charge is 2.24. The van der Waals surface area contributed by atoms with Crippen LogP contribution in [-0.2, 0) is 14.3 Å². The second-order valence-corrected chi connectivity index (χ2v) is 7.92. The first-order chi connectivity index (χ1) is 13.8. The van der Waals surface area contributed by atoms with Crippen molar-refractivity contribution in [2.24, 2.45) is 5.92 Å². The molecule has 160 valence electrons. The molecule has 0 radical (unpaired) electrons. The van der Waals surface area contributed by atoms with Crippen LogP contribution in [0.25, 0.3) is 0 Å². The fourth-order valence-electron chi connectivity index (χ4n) is 2.79. The molecule has 1 aromatic carbocycles. The molecule has 1 N–H and O–H groups in total. The van der Waals surface area contributed by atoms with Gasteiger partial charge >= 0.3 is 6.09 Å². The Morgan fingerprint density at radius 1 is 1.17 bits per heavy atom. The monoisotopic (exact) mass is 424 g/mol. The Bertz CT molecular complexity index is 720. The number of anilines is 1. The zero-order valence-electron chi connectivity index (χ0n) is 17.2. The highest BCUT2D eigenvalue weighted by molar-refractivity contribution is 6.33. The molecule has 1 aromatic rings. The number of nitrogens with zero attached hydrogens (tertiary/aromatic N) is 3. The fraction of sp³-hybridized carbons (Fsp3) is 0.550. The zero-order chi connectivity index (χ0) is 21.4. The number of nitrogens with one attached hydrogen (secondary N) is 1. The highest BCUT2D eigenvalue weighted by Crippen LogP contribution is 2.20. The SMILES string of the molecule is CC(C)COC(=O)N1CCN(CC(=O)N(C)CC(=O)Nc2ccccc2Cl)CC1. The summed E-state index contributed by atoms with van der Waals surface area (Å²) in [6, 6.07) is 6.93. The van der Waals surface area contributed by atoms with Gasteiger partial charge in [0, 0.05) is 33.2 Å². The summed E-state index contributed by atoms with van der Waals surface area (Å²) in [5, 5.41) is 3.15. The molecule has 8 nitrogen and oxygen atoms in total. The van der Waals surface area contributed by atoms with Crippen molar-refractivity contribution in [2.75, 3.05) is 58.2 Å². The quantitative estimate of drug-likeness (QED) is 0.725. The first kappa shape index (κ1) is 23.0. The van der Waals surface area contributed by atoms with E-state index < -0.39 is 0 Å². The Balaban J connectivity index is 1.72. The molecule has 0 unspecified atom stereocenters. The van der Waals surface area contributed by atoms with E-state index in [2.05, 4.69) is 5.32 Å². The van der Waals surface area contributed by atoms with Gasteiger partial charge in [0.2, 0.25) is 11.8 Å². The lowest BCUT2D eigenvalue weighted by atomic mass is 10.2. The third-order valence-electron chi connectivity index (χ3n) is 4.48. The van der Waals surface area contributed by atoms with Crippen LogP contribution in [0.1, 0.15) is 13.8 Å². The lowest BCUT2D eigenvalue weighted by Crippen LogP contribution is -2.51. The Hall–Kier alpha value is -2.32. The lowest BCUT2D eigenvalue weighted by molar-refractivity contribution is -0.134. The molecule has 2 rings (SSSR count). The van der Waals surface area contributed by atoms with Gasteiger partial charge in [-0.2, -0.15) is 0 Å². The molecule has 1 fully saturated rings. The maximum atomic E-state index is 12.4. The molecule has 0 saturated carbocycles. The summed E-state index contributed by atoms with van der Waals surface area (Å²) in [7, 11) is 1.59. The Morgan fingerprint density at radius 3 is 2.45 bits per heavy atom. The zero-order valence-corrected chi connectivity index (χ0v) is 17.9. The minimum atomic E-state index is -0.313. The van der Waals surface area contributed by atoms with Crippen LogP contribution >= 0.6 is 11.6 Å². The second kappa shape index (κ2) is 11.0. The molecule has 3 amide bonds. The minimum Gasteiger partial charge on any atom is -0.449 e. The molecular weight excluding hydrogens is 396 g/mol. The number of halogens is 1. The summed E-state index contributed by atoms with van der Waals surface area (Å²) >= 11 is 6.03. The third kappa shape index (κ3) is 7.55. The van der Waals surface area contributed by atoms with Gasteiger partial charge < -0.3 is 19.9 Å². The summed E-state index contributed by atoms with van der Waals surface area (Å²) in [6.07, 6.45) is -0.307. The molecule has 0 aromatic heterocycles. The standard InChI is InChI=1S/C20H29ClN4O4/c1-15(2)14-29-20(28)25-10-8-24(9-11-25)13-19(27)23(3)12-18(26)22-17-7-5-4-6-16(17)21/h4-7,15H,8-14H2,1-3H3,(H,22,26). The molecule has 0 spiro atoms. The second-order valence-electron chi connectivity index (χ2n) is 7.51. The number of piperazine rings is 1. The van der Waals surface area contributed by atoms with Crippen LogP contribution < -0.4 is 5.32 Å². The van der Waals surface area contributed by atoms with Crippen LogP contribution in [0.4, 0.5) is 10.5 Å². The van der Waals surface area contributed by atoms with E-state index in [0.29, 0.717) is 49.4 Å². The van der Waals surface area contributed by atoms with Crippen molar-refractivity contribution >= 4 is 35.2 Å². The number of hydrogen-bond donors (Lipinski definition) is 1. The number of carbonyl (C=O) groups excluding carboxylic acids is 3. The normalized spacial score (nSPS) is 14.6. The average Bonchev–Trinajstić information content (AvgIpc) is 2.68. The Labute approximate surface area is 176 Å². The molecular formula is C20H29ClN4O4. The summed E-state index contributed by atoms with van der Waals surface area (Å²) in [6.45, 7) is 6.71. The average molecular weight is 425 g/mol. The maximum absolute atomic E-state index is 12.4. The number of likely N-dealkylation sites (N-methyl/N-ethyl adjacent to an activating group) is 1. The van der Waals surface area contributed by atoms with Crippen molar-refractivity contribution in [2.45, 2.75) is 13.8 Å². The topological polar surface area (TPSA) is 82.2 Å². The van der Waals surface area contributed by atoms with Gasteiger partial charge in [0.05, 0.1) is 30.4 Å². The van der Waals surface area contributed by atoms with Crippen molar-refractivity contribution in [3.63, 3.8) is 0 Å². The van der Waals surface area contributed by atoms with Crippen LogP contribution in [0.15, 0.2) is 24.3 Å². The number of para-hydroxylation sites is 1. The third-order valence-corrected chi connectivity index (χ3v) is 4.81. The van der Waals surface area contributed by atoms with Gasteiger partial charge in [0.25, 0.3) is 0 Å². The van der Waals surface area contributed by atoms with E-state index in [-0.39, 0.29) is 31.0 Å². The van der Waals surface area contributed by atoms with Crippen LogP contribution in [0.5, 0.6) is 0 Å². The number of benzene rings is 1. The molecule has 1 aliphatic rings. The van der Waals surface area contributed by atoms with Crippen LogP contribution in [-0.4, -0.2) is 85.5 Å². The summed E-state index contributed by atoms with van der Waals surface area (Å²) in [4.78, 5) is 41.6. The van der Waals surface area contributed by atoms with Crippen molar-refractivity contribution < 1.29 is 19.1 Å². The van der Waals surface area contributed by atoms with Gasteiger partial charge in [-0.3, -0.25) is 14.5 Å². The van der Waals surface area contributed by atoms with Crippen molar-refractivity contribution in [1.29, 1.82) is 0 Å². The molecule has 0 bridgehead atoms. The molecule has 1 aliphatic heterocycles. The summed E-state index contributed by atoms with van der Waals surface area (Å²) in [5.74, 6) is -0.176. The Morgan fingerprint density at radius 2 is 1.83 bits per heavy atom. The van der Waals surface area contributed by atoms with E-state index in [9.17, 15) is 14.4 Å². The number of carbonyl (C=O) groups is 3. The predicted octanol–water partition coefficient (Wildman–Crippen LogP) is 2.15. The highest BCUT2D eigenvalue weighted by atomic mass is 35.5. The van der Waals surface area contributed by atoms with Gasteiger partial charge in [0.15, 0.2) is 0 Å². The fourth-order valence-corrected chi connectivity index (χ4v) is 2.97. The Kier molecular flexibility index (Phi) is 8.72. The molecule has 29 heavy (non-hydrogen) atoms. The van der Waals surface area contributed by atoms with E-state index in [1.54, 1.807) is 36.2 Å². The summed E-state index contributed by atoms with van der Waals surface area (Å²) < 4.78 is 5.24. The first-order valence-electron chi connectivity index (χ1n) is 9.68. The predicted molar refractivity (Wildman–Crippen MR) is 112 cm³/mol. The molecule has 0 atom stereocenters. The molecule has 0 aliphatic carbocycles. The van der Waals surface area contributed by atoms with Gasteiger partial charge in [-0.05, 0) is 18.1 Å². The first-order valence-corrected chi connectivity index (χ1v) is 10.1. The number of hydrogen-bond acceptors (Lipinski definition) is 5. The van der Waals surface area contributed by atoms with E-state index >= 15 is 0 Å². The van der Waals surface area contributed by atoms with Crippen molar-refractivity contribution in [1.82, 2.24) is 14.7 Å². The number of rotatable bonds is 7. The van der Waals surface area contributed by atoms with Crippen LogP contribution in [0.2, 0.25) is 5.02 Å². The van der Waals surface area contributed by atoms with Crippen molar-refractivity contribution in [3.8, 4) is 0 Å². The van der Waals surface area contributed by atoms with Crippen LogP contribution in [0.3, 0.4) is 0 Å². The number of ether oxygens (including phenoxy) is 1. The lowest BCUT2D eigenvalue weighted by Gasteiger charge is -2.34. The molecule has 1 saturated heterocycles. The largest absolute Gasteiger partial charge is 0.449 e. The molecule has 1 heterocycles. The van der Waals surface area contributed by atoms with Gasteiger partial charge in [-0.15, -0.1) is 0 Å². The van der Waals surface area contributed by atoms with Crippen molar-refractivity contribution in [3.05, 3.63) is 29.3 Å². The van der Waals surface area contributed by atoms with E-state index in [1.165, 1.54) is 4.90 Å². The maximum Gasteiger partial charge on any atom is 0.409 e. The van der Waals surface area contributed by atoms with E-state index in [0.717, 1.165) is 0 Å². The number of amides is 3.